The number of halogens is 1. The van der Waals surface area contributed by atoms with Crippen molar-refractivity contribution in [2.75, 3.05) is 13.6 Å². The Morgan fingerprint density at radius 3 is 2.41 bits per heavy atom. The van der Waals surface area contributed by atoms with E-state index in [1.807, 2.05) is 30.3 Å². The van der Waals surface area contributed by atoms with Gasteiger partial charge in [-0.1, -0.05) is 54.6 Å². The second-order valence-corrected chi connectivity index (χ2v) is 10.7. The number of nitrogens with one attached hydrogen (secondary N) is 1. The lowest BCUT2D eigenvalue weighted by Gasteiger charge is -2.57. The van der Waals surface area contributed by atoms with Crippen LogP contribution in [0.25, 0.3) is 0 Å². The summed E-state index contributed by atoms with van der Waals surface area (Å²) in [5, 5.41) is 15.8. The van der Waals surface area contributed by atoms with Gasteiger partial charge in [0.15, 0.2) is 0 Å². The van der Waals surface area contributed by atoms with Crippen LogP contribution in [-0.2, 0) is 29.1 Å². The summed E-state index contributed by atoms with van der Waals surface area (Å²) < 4.78 is 15.0. The lowest BCUT2D eigenvalue weighted by atomic mass is 9.94. The summed E-state index contributed by atoms with van der Waals surface area (Å²) in [6.07, 6.45) is -0.658. The fraction of sp³-hybridized carbons (Fsp3) is 0.323. The summed E-state index contributed by atoms with van der Waals surface area (Å²) in [5.41, 5.74) is 2.77. The number of carbonyl (C=O) groups excluding carboxylic acids is 3. The van der Waals surface area contributed by atoms with Crippen molar-refractivity contribution in [3.63, 3.8) is 0 Å². The number of benzene rings is 3. The van der Waals surface area contributed by atoms with Crippen molar-refractivity contribution in [1.29, 1.82) is 0 Å². The molecule has 10 heteroatoms. The van der Waals surface area contributed by atoms with Gasteiger partial charge in [-0.2, -0.15) is 0 Å². The average Bonchev–Trinajstić information content (AvgIpc) is 2.94. The molecule has 2 N–H and O–H groups in total. The maximum atomic E-state index is 15.0. The van der Waals surface area contributed by atoms with Gasteiger partial charge < -0.3 is 20.2 Å². The van der Waals surface area contributed by atoms with E-state index < -0.39 is 30.1 Å². The molecule has 2 aliphatic rings. The molecule has 0 aliphatic carbocycles. The molecule has 2 fully saturated rings. The molecule has 0 aromatic heterocycles. The summed E-state index contributed by atoms with van der Waals surface area (Å²) in [5.74, 6) is -0.945. The van der Waals surface area contributed by atoms with Crippen LogP contribution in [0.3, 0.4) is 0 Å². The molecule has 2 aliphatic heterocycles. The zero-order chi connectivity index (χ0) is 29.3. The number of amides is 4. The minimum absolute atomic E-state index is 0.0140. The Kier molecular flexibility index (Phi) is 7.94. The number of carbonyl (C=O) groups is 3. The molecule has 0 saturated carbocycles. The fourth-order valence-corrected chi connectivity index (χ4v) is 5.64. The molecular formula is C31H34FN5O4. The van der Waals surface area contributed by atoms with E-state index in [4.69, 9.17) is 0 Å². The first-order valence-electron chi connectivity index (χ1n) is 13.6. The van der Waals surface area contributed by atoms with E-state index in [0.29, 0.717) is 5.56 Å². The Hall–Kier alpha value is -4.44. The molecule has 3 aromatic rings. The van der Waals surface area contributed by atoms with E-state index in [1.54, 1.807) is 55.1 Å². The van der Waals surface area contributed by atoms with Gasteiger partial charge in [0.25, 0.3) is 0 Å². The predicted octanol–water partition coefficient (Wildman–Crippen LogP) is 3.41. The quantitative estimate of drug-likeness (QED) is 0.483. The fourth-order valence-electron chi connectivity index (χ4n) is 5.64. The topological polar surface area (TPSA) is 96.4 Å². The number of likely N-dealkylation sites (N-methyl/N-ethyl adjacent to an activating group) is 1. The SMILES string of the molecule is Cc1ccc(CN2C(=O)[C@H](Cc3ccc(O)cc3)N3C(=O)CN(C)N(C(=O)NCc4ccccc4)[C@H]3[C@@H]2C)c(F)c1. The van der Waals surface area contributed by atoms with Gasteiger partial charge in [0.2, 0.25) is 11.8 Å². The van der Waals surface area contributed by atoms with Crippen molar-refractivity contribution in [2.24, 2.45) is 0 Å². The Labute approximate surface area is 238 Å². The maximum absolute atomic E-state index is 15.0. The molecule has 4 amide bonds. The van der Waals surface area contributed by atoms with E-state index >= 15 is 0 Å². The lowest BCUT2D eigenvalue weighted by molar-refractivity contribution is -0.196. The molecule has 0 bridgehead atoms. The van der Waals surface area contributed by atoms with Crippen LogP contribution in [0.5, 0.6) is 5.75 Å². The van der Waals surface area contributed by atoms with E-state index in [9.17, 15) is 23.9 Å². The van der Waals surface area contributed by atoms with Gasteiger partial charge in [0.05, 0.1) is 12.6 Å². The highest BCUT2D eigenvalue weighted by Crippen LogP contribution is 2.33. The summed E-state index contributed by atoms with van der Waals surface area (Å²) in [6.45, 7) is 3.76. The maximum Gasteiger partial charge on any atom is 0.334 e. The predicted molar refractivity (Wildman–Crippen MR) is 151 cm³/mol. The normalized spacial score (nSPS) is 21.2. The minimum Gasteiger partial charge on any atom is -0.508 e. The van der Waals surface area contributed by atoms with Gasteiger partial charge in [-0.3, -0.25) is 9.59 Å². The zero-order valence-electron chi connectivity index (χ0n) is 23.3. The first kappa shape index (κ1) is 28.1. The van der Waals surface area contributed by atoms with Crippen molar-refractivity contribution < 1.29 is 23.9 Å². The monoisotopic (exact) mass is 559 g/mol. The van der Waals surface area contributed by atoms with Crippen LogP contribution in [0, 0.1) is 12.7 Å². The standard InChI is InChI=1S/C31H34FN5O4/c1-20-9-12-24(26(32)15-20)18-35-21(2)29-36(27(30(35)40)16-22-10-13-25(38)14-11-22)28(39)19-34(3)37(29)31(41)33-17-23-7-5-4-6-8-23/h4-15,21,27,29,38H,16-19H2,1-3H3,(H,33,41)/t21-,27-,29-/m0/s1. The molecular weight excluding hydrogens is 525 g/mol. The third-order valence-corrected chi connectivity index (χ3v) is 7.79. The number of rotatable bonds is 6. The number of fused-ring (bicyclic) bond motifs is 1. The Morgan fingerprint density at radius 2 is 1.73 bits per heavy atom. The van der Waals surface area contributed by atoms with Gasteiger partial charge in [0.1, 0.15) is 23.8 Å². The molecule has 0 unspecified atom stereocenters. The van der Waals surface area contributed by atoms with Gasteiger partial charge in [0, 0.05) is 32.1 Å². The van der Waals surface area contributed by atoms with Crippen molar-refractivity contribution in [3.8, 4) is 5.75 Å². The van der Waals surface area contributed by atoms with Crippen LogP contribution in [0.2, 0.25) is 0 Å². The van der Waals surface area contributed by atoms with Crippen molar-refractivity contribution >= 4 is 17.8 Å². The number of nitrogens with zero attached hydrogens (tertiary/aromatic N) is 4. The number of phenols is 1. The van der Waals surface area contributed by atoms with E-state index in [2.05, 4.69) is 5.32 Å². The molecule has 2 heterocycles. The Morgan fingerprint density at radius 1 is 1.02 bits per heavy atom. The van der Waals surface area contributed by atoms with Crippen LogP contribution in [0.15, 0.2) is 72.8 Å². The lowest BCUT2D eigenvalue weighted by Crippen LogP contribution is -2.78. The number of piperazine rings is 1. The van der Waals surface area contributed by atoms with Crippen LogP contribution < -0.4 is 5.32 Å². The molecule has 0 spiro atoms. The van der Waals surface area contributed by atoms with Crippen molar-refractivity contribution in [2.45, 2.75) is 51.6 Å². The second kappa shape index (κ2) is 11.6. The second-order valence-electron chi connectivity index (χ2n) is 10.7. The number of aromatic hydroxyl groups is 1. The first-order valence-corrected chi connectivity index (χ1v) is 13.6. The van der Waals surface area contributed by atoms with Crippen LogP contribution in [0.4, 0.5) is 9.18 Å². The molecule has 214 valence electrons. The van der Waals surface area contributed by atoms with E-state index in [-0.39, 0.29) is 43.6 Å². The van der Waals surface area contributed by atoms with E-state index in [0.717, 1.165) is 16.7 Å². The number of hydrazine groups is 1. The van der Waals surface area contributed by atoms with Crippen LogP contribution in [-0.4, -0.2) is 74.6 Å². The summed E-state index contributed by atoms with van der Waals surface area (Å²) >= 11 is 0. The first-order chi connectivity index (χ1) is 19.6. The summed E-state index contributed by atoms with van der Waals surface area (Å²) in [7, 11) is 1.67. The molecule has 2 saturated heterocycles. The van der Waals surface area contributed by atoms with Gasteiger partial charge in [-0.25, -0.2) is 19.2 Å². The number of phenolic OH excluding ortho intramolecular Hbond substituents is 1. The van der Waals surface area contributed by atoms with Gasteiger partial charge in [-0.15, -0.1) is 0 Å². The highest BCUT2D eigenvalue weighted by Gasteiger charge is 2.54. The molecule has 0 radical (unpaired) electrons. The third kappa shape index (κ3) is 5.74. The molecule has 9 nitrogen and oxygen atoms in total. The smallest absolute Gasteiger partial charge is 0.334 e. The zero-order valence-corrected chi connectivity index (χ0v) is 23.3. The van der Waals surface area contributed by atoms with Crippen molar-refractivity contribution in [3.05, 3.63) is 101 Å². The van der Waals surface area contributed by atoms with Crippen LogP contribution in [0.1, 0.15) is 29.2 Å². The Balaban J connectivity index is 1.51. The van der Waals surface area contributed by atoms with Crippen LogP contribution >= 0.6 is 0 Å². The highest BCUT2D eigenvalue weighted by atomic mass is 19.1. The molecule has 41 heavy (non-hydrogen) atoms. The summed E-state index contributed by atoms with van der Waals surface area (Å²) in [4.78, 5) is 44.4. The van der Waals surface area contributed by atoms with Crippen molar-refractivity contribution in [1.82, 2.24) is 25.1 Å². The minimum atomic E-state index is -0.931. The largest absolute Gasteiger partial charge is 0.508 e. The number of hydrogen-bond acceptors (Lipinski definition) is 5. The van der Waals surface area contributed by atoms with E-state index in [1.165, 1.54) is 28.1 Å². The third-order valence-electron chi connectivity index (χ3n) is 7.79. The number of hydrogen-bond donors (Lipinski definition) is 2. The molecule has 3 atom stereocenters. The molecule has 5 rings (SSSR count). The number of urea groups is 1. The number of aryl methyl sites for hydroxylation is 1. The Bertz CT molecular complexity index is 1430. The molecule has 3 aromatic carbocycles. The van der Waals surface area contributed by atoms with Gasteiger partial charge in [-0.05, 0) is 48.7 Å². The average molecular weight is 560 g/mol. The highest BCUT2D eigenvalue weighted by molar-refractivity contribution is 5.92. The van der Waals surface area contributed by atoms with Gasteiger partial charge >= 0.3 is 6.03 Å². The summed E-state index contributed by atoms with van der Waals surface area (Å²) in [6, 6.07) is 18.8.